The van der Waals surface area contributed by atoms with E-state index in [1.54, 1.807) is 28.8 Å². The Morgan fingerprint density at radius 2 is 2.03 bits per heavy atom. The molecule has 0 fully saturated rings. The highest BCUT2D eigenvalue weighted by Gasteiger charge is 2.17. The third-order valence-electron chi connectivity index (χ3n) is 4.41. The second kappa shape index (κ2) is 9.89. The number of amides is 1. The third kappa shape index (κ3) is 5.16. The smallest absolute Gasteiger partial charge is 0.302 e. The van der Waals surface area contributed by atoms with Gasteiger partial charge in [0, 0.05) is 16.4 Å². The van der Waals surface area contributed by atoms with Crippen molar-refractivity contribution >= 4 is 50.0 Å². The largest absolute Gasteiger partial charge is 0.493 e. The van der Waals surface area contributed by atoms with E-state index in [1.807, 2.05) is 18.2 Å². The van der Waals surface area contributed by atoms with Gasteiger partial charge in [-0.05, 0) is 36.8 Å². The summed E-state index contributed by atoms with van der Waals surface area (Å²) in [6, 6.07) is 12.5. The zero-order valence-corrected chi connectivity index (χ0v) is 18.3. The summed E-state index contributed by atoms with van der Waals surface area (Å²) in [5.41, 5.74) is 1.11. The third-order valence-corrected chi connectivity index (χ3v) is 5.21. The van der Waals surface area contributed by atoms with Crippen LogP contribution in [0.4, 0.5) is 5.69 Å². The normalized spacial score (nSPS) is 11.4. The van der Waals surface area contributed by atoms with Crippen LogP contribution in [0.3, 0.4) is 0 Å². The van der Waals surface area contributed by atoms with Crippen LogP contribution in [-0.2, 0) is 11.3 Å². The molecule has 1 N–H and O–H groups in total. The van der Waals surface area contributed by atoms with Gasteiger partial charge >= 0.3 is 5.91 Å². The number of hydrogen-bond donors (Lipinski definition) is 1. The van der Waals surface area contributed by atoms with Gasteiger partial charge in [0.2, 0.25) is 5.88 Å². The van der Waals surface area contributed by atoms with Crippen LogP contribution in [0.15, 0.2) is 57.2 Å². The molecule has 6 nitrogen and oxygen atoms in total. The number of unbranched alkanes of at least 4 members (excludes halogenated alkanes) is 2. The average Bonchev–Trinajstić information content (AvgIpc) is 2.96. The first-order valence-corrected chi connectivity index (χ1v) is 10.5. The van der Waals surface area contributed by atoms with Gasteiger partial charge in [-0.2, -0.15) is 0 Å². The number of nitrogens with zero attached hydrogens (tertiary/aromatic N) is 3. The minimum atomic E-state index is -0.578. The number of fused-ring (bicyclic) bond motifs is 1. The number of aryl methyl sites for hydroxylation is 1. The van der Waals surface area contributed by atoms with Crippen molar-refractivity contribution in [2.45, 2.75) is 32.7 Å². The quantitative estimate of drug-likeness (QED) is 0.291. The van der Waals surface area contributed by atoms with Gasteiger partial charge in [0.15, 0.2) is 12.3 Å². The van der Waals surface area contributed by atoms with Crippen LogP contribution in [0.5, 0.6) is 11.6 Å². The zero-order valence-electron chi connectivity index (χ0n) is 15.9. The Kier molecular flexibility index (Phi) is 7.28. The first-order valence-electron chi connectivity index (χ1n) is 9.34. The number of benzene rings is 2. The summed E-state index contributed by atoms with van der Waals surface area (Å²) in [5, 5.41) is 19.6. The van der Waals surface area contributed by atoms with E-state index in [-0.39, 0.29) is 18.2 Å². The Bertz CT molecular complexity index is 1050. The highest BCUT2D eigenvalue weighted by atomic mass is 79.9. The van der Waals surface area contributed by atoms with Crippen LogP contribution in [0.1, 0.15) is 26.2 Å². The van der Waals surface area contributed by atoms with E-state index in [9.17, 15) is 9.90 Å². The van der Waals surface area contributed by atoms with Crippen LogP contribution >= 0.6 is 27.5 Å². The molecule has 0 saturated carbocycles. The van der Waals surface area contributed by atoms with Gasteiger partial charge in [-0.3, -0.25) is 4.79 Å². The van der Waals surface area contributed by atoms with Crippen molar-refractivity contribution in [3.63, 3.8) is 0 Å². The molecule has 0 aliphatic heterocycles. The second-order valence-corrected chi connectivity index (χ2v) is 7.83. The maximum atomic E-state index is 12.1. The molecule has 0 aliphatic carbocycles. The fraction of sp³-hybridized carbons (Fsp3) is 0.286. The predicted octanol–water partition coefficient (Wildman–Crippen LogP) is 6.64. The van der Waals surface area contributed by atoms with Crippen molar-refractivity contribution in [1.29, 1.82) is 0 Å². The number of azo groups is 1. The average molecular weight is 479 g/mol. The molecule has 0 radical (unpaired) electrons. The van der Waals surface area contributed by atoms with Crippen molar-refractivity contribution in [3.8, 4) is 11.6 Å². The molecule has 0 atom stereocenters. The molecule has 0 aliphatic rings. The van der Waals surface area contributed by atoms with E-state index in [0.29, 0.717) is 17.3 Å². The number of aromatic hydroxyl groups is 1. The van der Waals surface area contributed by atoms with Crippen molar-refractivity contribution in [3.05, 3.63) is 52.0 Å². The van der Waals surface area contributed by atoms with Crippen molar-refractivity contribution in [2.24, 2.45) is 10.2 Å². The molecule has 3 rings (SSSR count). The second-order valence-electron chi connectivity index (χ2n) is 6.51. The molecule has 3 aromatic rings. The van der Waals surface area contributed by atoms with E-state index in [1.165, 1.54) is 0 Å². The van der Waals surface area contributed by atoms with Crippen LogP contribution in [0.2, 0.25) is 5.02 Å². The number of para-hydroxylation sites is 1. The summed E-state index contributed by atoms with van der Waals surface area (Å²) in [4.78, 5) is 12.1. The number of aromatic nitrogens is 1. The number of rotatable bonds is 8. The lowest BCUT2D eigenvalue weighted by Crippen LogP contribution is -2.08. The van der Waals surface area contributed by atoms with Crippen molar-refractivity contribution < 1.29 is 14.6 Å². The Morgan fingerprint density at radius 1 is 1.24 bits per heavy atom. The minimum Gasteiger partial charge on any atom is -0.493 e. The van der Waals surface area contributed by atoms with E-state index in [2.05, 4.69) is 33.1 Å². The van der Waals surface area contributed by atoms with Gasteiger partial charge in [0.1, 0.15) is 5.75 Å². The van der Waals surface area contributed by atoms with Crippen molar-refractivity contribution in [1.82, 2.24) is 4.57 Å². The predicted molar refractivity (Wildman–Crippen MR) is 117 cm³/mol. The molecule has 0 bridgehead atoms. The lowest BCUT2D eigenvalue weighted by Gasteiger charge is -2.06. The molecule has 1 aromatic heterocycles. The molecule has 2 aromatic carbocycles. The Balaban J connectivity index is 1.81. The lowest BCUT2D eigenvalue weighted by atomic mass is 10.2. The molecule has 152 valence electrons. The maximum Gasteiger partial charge on any atom is 0.302 e. The standard InChI is InChI=1S/C21H21BrClN3O3/c1-2-3-6-11-26-17-10-9-14(22)12-15(17)20(21(26)28)25-24-19(27)13-29-18-8-5-4-7-16(18)23/h4-5,7-10,12,28H,2-3,6,11,13H2,1H3. The van der Waals surface area contributed by atoms with Crippen LogP contribution < -0.4 is 4.74 Å². The van der Waals surface area contributed by atoms with E-state index in [4.69, 9.17) is 16.3 Å². The summed E-state index contributed by atoms with van der Waals surface area (Å²) >= 11 is 9.45. The van der Waals surface area contributed by atoms with E-state index < -0.39 is 5.91 Å². The first kappa shape index (κ1) is 21.3. The number of carbonyl (C=O) groups is 1. The van der Waals surface area contributed by atoms with E-state index in [0.717, 1.165) is 34.6 Å². The fourth-order valence-corrected chi connectivity index (χ4v) is 3.53. The van der Waals surface area contributed by atoms with Gasteiger partial charge in [0.25, 0.3) is 0 Å². The Morgan fingerprint density at radius 3 is 2.79 bits per heavy atom. The Hall–Kier alpha value is -2.38. The van der Waals surface area contributed by atoms with Crippen LogP contribution in [0, 0.1) is 0 Å². The maximum absolute atomic E-state index is 12.1. The number of carbonyl (C=O) groups excluding carboxylic acids is 1. The van der Waals surface area contributed by atoms with Gasteiger partial charge in [-0.1, -0.05) is 59.4 Å². The molecular formula is C21H21BrClN3O3. The molecule has 29 heavy (non-hydrogen) atoms. The fourth-order valence-electron chi connectivity index (χ4n) is 2.98. The highest BCUT2D eigenvalue weighted by molar-refractivity contribution is 9.10. The van der Waals surface area contributed by atoms with Gasteiger partial charge in [-0.15, -0.1) is 10.2 Å². The van der Waals surface area contributed by atoms with Crippen molar-refractivity contribution in [2.75, 3.05) is 6.61 Å². The molecule has 0 spiro atoms. The molecule has 1 heterocycles. The molecule has 0 saturated heterocycles. The summed E-state index contributed by atoms with van der Waals surface area (Å²) in [7, 11) is 0. The molecule has 8 heteroatoms. The molecule has 0 unspecified atom stereocenters. The summed E-state index contributed by atoms with van der Waals surface area (Å²) < 4.78 is 8.03. The lowest BCUT2D eigenvalue weighted by molar-refractivity contribution is -0.120. The van der Waals surface area contributed by atoms with Crippen LogP contribution in [-0.4, -0.2) is 22.2 Å². The SMILES string of the molecule is CCCCCn1c(O)c(N=NC(=O)COc2ccccc2Cl)c2cc(Br)ccc21. The van der Waals surface area contributed by atoms with Gasteiger partial charge < -0.3 is 14.4 Å². The highest BCUT2D eigenvalue weighted by Crippen LogP contribution is 2.40. The minimum absolute atomic E-state index is 0.00206. The topological polar surface area (TPSA) is 76.2 Å². The molecule has 1 amide bonds. The van der Waals surface area contributed by atoms with Gasteiger partial charge in [0.05, 0.1) is 10.5 Å². The monoisotopic (exact) mass is 477 g/mol. The number of ether oxygens (including phenoxy) is 1. The summed E-state index contributed by atoms with van der Waals surface area (Å²) in [5.74, 6) is -0.180. The summed E-state index contributed by atoms with van der Waals surface area (Å²) in [6.45, 7) is 2.49. The number of hydrogen-bond acceptors (Lipinski definition) is 4. The first-order chi connectivity index (χ1) is 14.0. The van der Waals surface area contributed by atoms with E-state index >= 15 is 0 Å². The zero-order chi connectivity index (χ0) is 20.8. The molecular weight excluding hydrogens is 458 g/mol. The van der Waals surface area contributed by atoms with Gasteiger partial charge in [-0.25, -0.2) is 0 Å². The summed E-state index contributed by atoms with van der Waals surface area (Å²) in [6.07, 6.45) is 3.08. The van der Waals surface area contributed by atoms with Crippen LogP contribution in [0.25, 0.3) is 10.9 Å². The number of halogens is 2. The Labute approximate surface area is 182 Å².